The third-order valence-corrected chi connectivity index (χ3v) is 7.97. The lowest BCUT2D eigenvalue weighted by molar-refractivity contribution is 0.598. The largest absolute Gasteiger partial charge is 0.359 e. The summed E-state index contributed by atoms with van der Waals surface area (Å²) in [6.07, 6.45) is 9.52. The first-order valence-electron chi connectivity index (χ1n) is 12.6. The van der Waals surface area contributed by atoms with Crippen LogP contribution in [0.4, 0.5) is 5.69 Å². The van der Waals surface area contributed by atoms with Crippen LogP contribution < -0.4 is 15.8 Å². The van der Waals surface area contributed by atoms with Gasteiger partial charge in [-0.1, -0.05) is 75.6 Å². The van der Waals surface area contributed by atoms with E-state index in [1.54, 1.807) is 17.7 Å². The molecule has 5 nitrogen and oxygen atoms in total. The Kier molecular flexibility index (Phi) is 9.38. The average Bonchev–Trinajstić information content (AvgIpc) is 3.67. The van der Waals surface area contributed by atoms with Crippen LogP contribution in [0.15, 0.2) is 99.0 Å². The molecule has 0 radical (unpaired) electrons. The van der Waals surface area contributed by atoms with Gasteiger partial charge in [-0.05, 0) is 87.0 Å². The monoisotopic (exact) mass is 579 g/mol. The Hall–Kier alpha value is -2.71. The number of hydrogen-bond donors (Lipinski definition) is 3. The molecular weight excluding hydrogens is 546 g/mol. The Balaban J connectivity index is 0.000000176. The number of allylic oxidation sites excluding steroid dienone is 2. The van der Waals surface area contributed by atoms with E-state index in [9.17, 15) is 8.42 Å². The number of hydrogen-bond acceptors (Lipinski definition) is 4. The van der Waals surface area contributed by atoms with E-state index < -0.39 is 10.0 Å². The van der Waals surface area contributed by atoms with Gasteiger partial charge in [0.25, 0.3) is 0 Å². The van der Waals surface area contributed by atoms with Crippen LogP contribution in [-0.2, 0) is 10.0 Å². The van der Waals surface area contributed by atoms with Crippen LogP contribution in [0.3, 0.4) is 0 Å². The van der Waals surface area contributed by atoms with Crippen LogP contribution in [0.1, 0.15) is 44.1 Å². The van der Waals surface area contributed by atoms with E-state index in [2.05, 4.69) is 56.9 Å². The highest BCUT2D eigenvalue weighted by Gasteiger charge is 2.15. The lowest BCUT2D eigenvalue weighted by Crippen LogP contribution is -2.15. The first-order chi connectivity index (χ1) is 17.8. The van der Waals surface area contributed by atoms with Crippen LogP contribution >= 0.6 is 15.9 Å². The van der Waals surface area contributed by atoms with Crippen LogP contribution in [0.25, 0.3) is 17.2 Å². The van der Waals surface area contributed by atoms with Gasteiger partial charge in [0.2, 0.25) is 10.0 Å². The van der Waals surface area contributed by atoms with Gasteiger partial charge in [-0.25, -0.2) is 13.6 Å². The molecule has 0 saturated heterocycles. The number of nitrogens with two attached hydrogens (primary N) is 1. The van der Waals surface area contributed by atoms with E-state index in [0.29, 0.717) is 5.56 Å². The summed E-state index contributed by atoms with van der Waals surface area (Å²) >= 11 is 3.46. The third-order valence-electron chi connectivity index (χ3n) is 6.47. The minimum absolute atomic E-state index is 0.160. The second kappa shape index (κ2) is 12.7. The Labute approximate surface area is 229 Å². The van der Waals surface area contributed by atoms with Gasteiger partial charge in [0, 0.05) is 28.0 Å². The Bertz CT molecular complexity index is 1370. The Morgan fingerprint density at radius 3 is 2.19 bits per heavy atom. The minimum atomic E-state index is -3.71. The molecule has 0 atom stereocenters. The number of primary sulfonamides is 1. The van der Waals surface area contributed by atoms with Gasteiger partial charge in [-0.3, -0.25) is 0 Å². The van der Waals surface area contributed by atoms with E-state index in [1.165, 1.54) is 55.1 Å². The fraction of sp³-hybridized carbons (Fsp3) is 0.267. The maximum absolute atomic E-state index is 11.6. The van der Waals surface area contributed by atoms with E-state index in [0.717, 1.165) is 28.6 Å². The first-order valence-corrected chi connectivity index (χ1v) is 15.0. The summed E-state index contributed by atoms with van der Waals surface area (Å²) in [5.41, 5.74) is 8.29. The van der Waals surface area contributed by atoms with Crippen molar-refractivity contribution in [2.24, 2.45) is 5.14 Å². The lowest BCUT2D eigenvalue weighted by atomic mass is 9.89. The summed E-state index contributed by atoms with van der Waals surface area (Å²) in [4.78, 5) is 0.160. The number of nitrogens with one attached hydrogen (secondary N) is 2. The summed E-state index contributed by atoms with van der Waals surface area (Å²) in [6, 6.07) is 23.0. The highest BCUT2D eigenvalue weighted by molar-refractivity contribution is 9.10. The van der Waals surface area contributed by atoms with Crippen molar-refractivity contribution in [3.05, 3.63) is 99.7 Å². The molecule has 194 valence electrons. The van der Waals surface area contributed by atoms with Crippen molar-refractivity contribution in [2.45, 2.75) is 43.4 Å². The average molecular weight is 581 g/mol. The zero-order chi connectivity index (χ0) is 26.3. The Morgan fingerprint density at radius 2 is 1.62 bits per heavy atom. The normalized spacial score (nSPS) is 14.2. The van der Waals surface area contributed by atoms with Crippen LogP contribution in [0.5, 0.6) is 0 Å². The molecule has 0 amide bonds. The van der Waals surface area contributed by atoms with Gasteiger partial charge in [-0.15, -0.1) is 0 Å². The maximum Gasteiger partial charge on any atom is 0.238 e. The summed E-state index contributed by atoms with van der Waals surface area (Å²) in [5.74, 6) is 0. The second-order valence-corrected chi connectivity index (χ2v) is 11.8. The second-order valence-electron chi connectivity index (χ2n) is 9.39. The molecule has 2 saturated carbocycles. The predicted molar refractivity (Wildman–Crippen MR) is 158 cm³/mol. The molecule has 0 bridgehead atoms. The molecule has 0 spiro atoms. The molecule has 37 heavy (non-hydrogen) atoms. The van der Waals surface area contributed by atoms with Gasteiger partial charge in [0.1, 0.15) is 0 Å². The molecule has 3 aromatic carbocycles. The van der Waals surface area contributed by atoms with Gasteiger partial charge in [0.15, 0.2) is 0 Å². The van der Waals surface area contributed by atoms with Gasteiger partial charge >= 0.3 is 0 Å². The van der Waals surface area contributed by atoms with E-state index in [-0.39, 0.29) is 4.90 Å². The van der Waals surface area contributed by atoms with Crippen molar-refractivity contribution in [1.29, 1.82) is 0 Å². The van der Waals surface area contributed by atoms with Crippen LogP contribution in [0, 0.1) is 0 Å². The smallest absolute Gasteiger partial charge is 0.238 e. The molecule has 2 fully saturated rings. The van der Waals surface area contributed by atoms with Crippen molar-refractivity contribution >= 4 is 37.7 Å². The molecule has 5 rings (SSSR count). The topological polar surface area (TPSA) is 84.2 Å². The minimum Gasteiger partial charge on any atom is -0.359 e. The number of rotatable bonds is 8. The first kappa shape index (κ1) is 27.3. The standard InChI is InChI=1S/C16H15NO2S.C14H19BrN2/c17-20(18,19)16-4-2-1-3-15(16)14-9-7-13(8-10-14)11-12-5-6-12;1-16-10-9-14(11-3-2-4-11)17-13-7-5-12(15)6-8-13/h1-4,7-11H,5-6H2,(H2,17,18,19);5-8,16-17H,2-4,9-10H2,1H3. The number of anilines is 1. The van der Waals surface area contributed by atoms with Gasteiger partial charge in [0.05, 0.1) is 4.90 Å². The summed E-state index contributed by atoms with van der Waals surface area (Å²) in [6.45, 7) is 1.03. The summed E-state index contributed by atoms with van der Waals surface area (Å²) < 4.78 is 24.4. The predicted octanol–water partition coefficient (Wildman–Crippen LogP) is 7.09. The van der Waals surface area contributed by atoms with Crippen molar-refractivity contribution in [3.8, 4) is 11.1 Å². The molecule has 4 N–H and O–H groups in total. The SMILES string of the molecule is CNCCC(Nc1ccc(Br)cc1)=C1CCC1.NS(=O)(=O)c1ccccc1-c1ccc(C=C2CC2)cc1. The number of benzene rings is 3. The molecular formula is C30H34BrN3O2S. The van der Waals surface area contributed by atoms with Crippen LogP contribution in [0.2, 0.25) is 0 Å². The molecule has 2 aliphatic carbocycles. The lowest BCUT2D eigenvalue weighted by Gasteiger charge is -2.23. The Morgan fingerprint density at radius 1 is 0.946 bits per heavy atom. The third kappa shape index (κ3) is 8.14. The highest BCUT2D eigenvalue weighted by Crippen LogP contribution is 2.32. The fourth-order valence-corrected chi connectivity index (χ4v) is 5.13. The van der Waals surface area contributed by atoms with E-state index in [4.69, 9.17) is 5.14 Å². The summed E-state index contributed by atoms with van der Waals surface area (Å²) in [5, 5.41) is 12.0. The molecule has 2 aliphatic rings. The van der Waals surface area contributed by atoms with Crippen LogP contribution in [-0.4, -0.2) is 22.0 Å². The fourth-order valence-electron chi connectivity index (χ4n) is 4.10. The molecule has 0 aromatic heterocycles. The van der Waals surface area contributed by atoms with Gasteiger partial charge < -0.3 is 10.6 Å². The zero-order valence-corrected chi connectivity index (χ0v) is 23.5. The summed E-state index contributed by atoms with van der Waals surface area (Å²) in [7, 11) is -1.71. The zero-order valence-electron chi connectivity index (χ0n) is 21.1. The quantitative estimate of drug-likeness (QED) is 0.266. The van der Waals surface area contributed by atoms with Crippen molar-refractivity contribution in [2.75, 3.05) is 18.9 Å². The molecule has 0 aliphatic heterocycles. The van der Waals surface area contributed by atoms with Crippen molar-refractivity contribution in [1.82, 2.24) is 5.32 Å². The van der Waals surface area contributed by atoms with Crippen molar-refractivity contribution in [3.63, 3.8) is 0 Å². The molecule has 7 heteroatoms. The van der Waals surface area contributed by atoms with Crippen molar-refractivity contribution < 1.29 is 8.42 Å². The maximum atomic E-state index is 11.6. The molecule has 0 unspecified atom stereocenters. The van der Waals surface area contributed by atoms with Gasteiger partial charge in [-0.2, -0.15) is 0 Å². The molecule has 3 aromatic rings. The highest BCUT2D eigenvalue weighted by atomic mass is 79.9. The number of sulfonamides is 1. The number of halogens is 1. The van der Waals surface area contributed by atoms with E-state index in [1.807, 2.05) is 37.4 Å². The molecule has 0 heterocycles. The van der Waals surface area contributed by atoms with E-state index >= 15 is 0 Å².